The van der Waals surface area contributed by atoms with Gasteiger partial charge in [0.15, 0.2) is 0 Å². The summed E-state index contributed by atoms with van der Waals surface area (Å²) in [7, 11) is 1.64. The second-order valence-corrected chi connectivity index (χ2v) is 5.29. The Morgan fingerprint density at radius 3 is 2.69 bits per heavy atom. The lowest BCUT2D eigenvalue weighted by Crippen LogP contribution is -2.31. The van der Waals surface area contributed by atoms with Crippen LogP contribution < -0.4 is 0 Å². The van der Waals surface area contributed by atoms with E-state index in [1.807, 2.05) is 0 Å². The zero-order valence-electron chi connectivity index (χ0n) is 9.01. The number of halogens is 3. The Morgan fingerprint density at radius 1 is 1.56 bits per heavy atom. The molecule has 0 aliphatic heterocycles. The molecule has 16 heavy (non-hydrogen) atoms. The summed E-state index contributed by atoms with van der Waals surface area (Å²) in [6.07, 6.45) is 0. The number of carbonyl (C=O) groups excluding carboxylic acids is 1. The van der Waals surface area contributed by atoms with Crippen molar-refractivity contribution in [2.24, 2.45) is 0 Å². The van der Waals surface area contributed by atoms with Gasteiger partial charge in [0.05, 0.1) is 0 Å². The Balaban J connectivity index is 2.87. The molecule has 1 unspecified atom stereocenters. The zero-order chi connectivity index (χ0) is 12.3. The quantitative estimate of drug-likeness (QED) is 0.785. The van der Waals surface area contributed by atoms with Crippen LogP contribution in [0.2, 0.25) is 0 Å². The molecule has 2 nitrogen and oxygen atoms in total. The molecule has 0 fully saturated rings. The zero-order valence-corrected chi connectivity index (χ0v) is 11.3. The monoisotopic (exact) mass is 307 g/mol. The molecule has 1 amide bonds. The molecule has 0 N–H and O–H groups in total. The van der Waals surface area contributed by atoms with Gasteiger partial charge in [-0.25, -0.2) is 4.39 Å². The van der Waals surface area contributed by atoms with Gasteiger partial charge in [-0.15, -0.1) is 11.6 Å². The fourth-order valence-corrected chi connectivity index (χ4v) is 2.03. The van der Waals surface area contributed by atoms with Gasteiger partial charge in [-0.3, -0.25) is 4.79 Å². The summed E-state index contributed by atoms with van der Waals surface area (Å²) < 4.78 is 13.6. The van der Waals surface area contributed by atoms with E-state index in [9.17, 15) is 9.18 Å². The first-order valence-electron chi connectivity index (χ1n) is 4.76. The number of hydrogen-bond acceptors (Lipinski definition) is 1. The van der Waals surface area contributed by atoms with Gasteiger partial charge in [0, 0.05) is 29.0 Å². The molecule has 88 valence electrons. The van der Waals surface area contributed by atoms with Crippen molar-refractivity contribution >= 4 is 33.4 Å². The van der Waals surface area contributed by atoms with Crippen LogP contribution in [-0.4, -0.2) is 29.8 Å². The van der Waals surface area contributed by atoms with E-state index in [1.165, 1.54) is 17.0 Å². The Kier molecular flexibility index (Phi) is 4.74. The van der Waals surface area contributed by atoms with Crippen LogP contribution in [0.25, 0.3) is 0 Å². The predicted molar refractivity (Wildman–Crippen MR) is 66.4 cm³/mol. The molecule has 0 aliphatic carbocycles. The first kappa shape index (κ1) is 13.5. The summed E-state index contributed by atoms with van der Waals surface area (Å²) >= 11 is 8.93. The molecule has 0 radical (unpaired) electrons. The van der Waals surface area contributed by atoms with E-state index in [4.69, 9.17) is 11.6 Å². The molecular formula is C11H12BrClFNO. The summed E-state index contributed by atoms with van der Waals surface area (Å²) in [5.41, 5.74) is 0.312. The number of benzene rings is 1. The van der Waals surface area contributed by atoms with E-state index in [2.05, 4.69) is 15.9 Å². The van der Waals surface area contributed by atoms with E-state index < -0.39 is 5.82 Å². The minimum Gasteiger partial charge on any atom is -0.340 e. The highest BCUT2D eigenvalue weighted by Crippen LogP contribution is 2.16. The van der Waals surface area contributed by atoms with Crippen LogP contribution in [0, 0.1) is 5.82 Å². The second kappa shape index (κ2) is 5.64. The summed E-state index contributed by atoms with van der Waals surface area (Å²) in [4.78, 5) is 13.3. The van der Waals surface area contributed by atoms with Gasteiger partial charge in [0.2, 0.25) is 0 Å². The molecule has 0 aliphatic rings. The van der Waals surface area contributed by atoms with Crippen molar-refractivity contribution in [2.75, 3.05) is 13.6 Å². The fourth-order valence-electron chi connectivity index (χ4n) is 1.36. The second-order valence-electron chi connectivity index (χ2n) is 3.62. The van der Waals surface area contributed by atoms with Crippen LogP contribution in [0.1, 0.15) is 17.3 Å². The summed E-state index contributed by atoms with van der Waals surface area (Å²) in [5, 5.41) is -0.133. The minimum absolute atomic E-state index is 0.133. The van der Waals surface area contributed by atoms with Crippen LogP contribution in [-0.2, 0) is 0 Å². The van der Waals surface area contributed by atoms with Crippen LogP contribution in [0.5, 0.6) is 0 Å². The third-order valence-corrected chi connectivity index (χ3v) is 2.58. The number of nitrogens with zero attached hydrogens (tertiary/aromatic N) is 1. The van der Waals surface area contributed by atoms with E-state index in [0.717, 1.165) is 0 Å². The van der Waals surface area contributed by atoms with Crippen molar-refractivity contribution in [3.8, 4) is 0 Å². The molecule has 0 bridgehead atoms. The molecule has 5 heteroatoms. The molecule has 1 aromatic carbocycles. The Bertz CT molecular complexity index is 377. The van der Waals surface area contributed by atoms with Crippen molar-refractivity contribution in [3.05, 3.63) is 34.1 Å². The average molecular weight is 309 g/mol. The summed E-state index contributed by atoms with van der Waals surface area (Å²) in [6.45, 7) is 2.22. The minimum atomic E-state index is -0.440. The van der Waals surface area contributed by atoms with Gasteiger partial charge >= 0.3 is 0 Å². The largest absolute Gasteiger partial charge is 0.340 e. The van der Waals surface area contributed by atoms with Crippen LogP contribution in [0.15, 0.2) is 22.7 Å². The SMILES string of the molecule is CC(Cl)CN(C)C(=O)c1cc(F)cc(Br)c1. The maximum atomic E-state index is 13.1. The van der Waals surface area contributed by atoms with Gasteiger partial charge in [-0.2, -0.15) is 0 Å². The number of rotatable bonds is 3. The number of alkyl halides is 1. The Labute approximate surface area is 108 Å². The molecule has 1 atom stereocenters. The Morgan fingerprint density at radius 2 is 2.19 bits per heavy atom. The lowest BCUT2D eigenvalue weighted by Gasteiger charge is -2.18. The van der Waals surface area contributed by atoms with Crippen LogP contribution in [0.3, 0.4) is 0 Å². The van der Waals surface area contributed by atoms with Gasteiger partial charge in [0.1, 0.15) is 5.82 Å². The highest BCUT2D eigenvalue weighted by Gasteiger charge is 2.14. The van der Waals surface area contributed by atoms with Gasteiger partial charge in [-0.05, 0) is 25.1 Å². The van der Waals surface area contributed by atoms with Crippen molar-refractivity contribution in [3.63, 3.8) is 0 Å². The standard InChI is InChI=1S/C11H12BrClFNO/c1-7(13)6-15(2)11(16)8-3-9(12)5-10(14)4-8/h3-5,7H,6H2,1-2H3. The van der Waals surface area contributed by atoms with Crippen molar-refractivity contribution < 1.29 is 9.18 Å². The molecule has 0 saturated heterocycles. The van der Waals surface area contributed by atoms with Gasteiger partial charge in [-0.1, -0.05) is 15.9 Å². The van der Waals surface area contributed by atoms with Crippen molar-refractivity contribution in [1.82, 2.24) is 4.90 Å². The first-order valence-corrected chi connectivity index (χ1v) is 5.98. The lowest BCUT2D eigenvalue weighted by molar-refractivity contribution is 0.0795. The average Bonchev–Trinajstić information content (AvgIpc) is 2.13. The van der Waals surface area contributed by atoms with Crippen LogP contribution in [0.4, 0.5) is 4.39 Å². The molecule has 0 heterocycles. The van der Waals surface area contributed by atoms with E-state index in [1.54, 1.807) is 20.0 Å². The lowest BCUT2D eigenvalue weighted by atomic mass is 10.2. The normalized spacial score (nSPS) is 12.3. The number of carbonyl (C=O) groups is 1. The smallest absolute Gasteiger partial charge is 0.253 e. The maximum absolute atomic E-state index is 13.1. The van der Waals surface area contributed by atoms with Crippen molar-refractivity contribution in [1.29, 1.82) is 0 Å². The molecule has 0 saturated carbocycles. The van der Waals surface area contributed by atoms with Crippen molar-refractivity contribution in [2.45, 2.75) is 12.3 Å². The molecule has 0 aromatic heterocycles. The van der Waals surface area contributed by atoms with Gasteiger partial charge in [0.25, 0.3) is 5.91 Å². The van der Waals surface area contributed by atoms with E-state index in [-0.39, 0.29) is 11.3 Å². The van der Waals surface area contributed by atoms with E-state index in [0.29, 0.717) is 16.6 Å². The highest BCUT2D eigenvalue weighted by molar-refractivity contribution is 9.10. The predicted octanol–water partition coefficient (Wildman–Crippen LogP) is 3.29. The maximum Gasteiger partial charge on any atom is 0.253 e. The first-order chi connectivity index (χ1) is 7.40. The molecule has 0 spiro atoms. The van der Waals surface area contributed by atoms with Crippen LogP contribution >= 0.6 is 27.5 Å². The number of amides is 1. The molecular weight excluding hydrogens is 296 g/mol. The molecule has 1 rings (SSSR count). The third kappa shape index (κ3) is 3.76. The van der Waals surface area contributed by atoms with Gasteiger partial charge < -0.3 is 4.90 Å². The third-order valence-electron chi connectivity index (χ3n) is 1.98. The summed E-state index contributed by atoms with van der Waals surface area (Å²) in [5.74, 6) is -0.683. The number of hydrogen-bond donors (Lipinski definition) is 0. The Hall–Kier alpha value is -0.610. The highest BCUT2D eigenvalue weighted by atomic mass is 79.9. The fraction of sp³-hybridized carbons (Fsp3) is 0.364. The topological polar surface area (TPSA) is 20.3 Å². The summed E-state index contributed by atoms with van der Waals surface area (Å²) in [6, 6.07) is 4.10. The molecule has 1 aromatic rings. The van der Waals surface area contributed by atoms with E-state index >= 15 is 0 Å².